The van der Waals surface area contributed by atoms with Gasteiger partial charge in [-0.2, -0.15) is 0 Å². The van der Waals surface area contributed by atoms with E-state index in [2.05, 4.69) is 20.6 Å². The van der Waals surface area contributed by atoms with Crippen molar-refractivity contribution in [2.24, 2.45) is 0 Å². The second-order valence-corrected chi connectivity index (χ2v) is 7.23. The number of nitrogens with zero attached hydrogens (tertiary/aromatic N) is 4. The quantitative estimate of drug-likeness (QED) is 0.568. The Morgan fingerprint density at radius 3 is 3.00 bits per heavy atom. The Balaban J connectivity index is 1.53. The minimum Gasteiger partial charge on any atom is -0.324 e. The Hall–Kier alpha value is -2.45. The lowest BCUT2D eigenvalue weighted by Gasteiger charge is -2.05. The average molecular weight is 355 g/mol. The van der Waals surface area contributed by atoms with Gasteiger partial charge in [0.25, 0.3) is 0 Å². The van der Waals surface area contributed by atoms with Crippen LogP contribution in [0.4, 0.5) is 5.69 Å². The molecule has 120 valence electrons. The molecule has 0 saturated carbocycles. The highest BCUT2D eigenvalue weighted by Gasteiger charge is 2.10. The minimum atomic E-state index is -0.139. The lowest BCUT2D eigenvalue weighted by atomic mass is 10.3. The molecule has 0 atom stereocenters. The molecule has 2 heterocycles. The molecule has 4 rings (SSSR count). The fourth-order valence-electron chi connectivity index (χ4n) is 2.44. The number of carbonyl (C=O) groups is 1. The maximum Gasteiger partial charge on any atom is 0.246 e. The molecule has 0 aliphatic heterocycles. The van der Waals surface area contributed by atoms with Crippen LogP contribution in [0.5, 0.6) is 0 Å². The van der Waals surface area contributed by atoms with Crippen LogP contribution < -0.4 is 5.32 Å². The maximum atomic E-state index is 12.3. The number of fused-ring (bicyclic) bond motifs is 2. The van der Waals surface area contributed by atoms with E-state index >= 15 is 0 Å². The first-order valence-electron chi connectivity index (χ1n) is 7.25. The van der Waals surface area contributed by atoms with Crippen molar-refractivity contribution in [3.05, 3.63) is 42.5 Å². The number of nitrogens with one attached hydrogen (secondary N) is 1. The molecule has 8 heteroatoms. The van der Waals surface area contributed by atoms with Gasteiger partial charge in [0.05, 0.1) is 15.7 Å². The van der Waals surface area contributed by atoms with Crippen molar-refractivity contribution in [1.82, 2.24) is 20.0 Å². The molecule has 0 fully saturated rings. The second-order valence-electron chi connectivity index (χ2n) is 5.15. The van der Waals surface area contributed by atoms with Crippen LogP contribution in [0.25, 0.3) is 21.3 Å². The van der Waals surface area contributed by atoms with Gasteiger partial charge in [0.15, 0.2) is 4.34 Å². The van der Waals surface area contributed by atoms with Gasteiger partial charge < -0.3 is 5.32 Å². The summed E-state index contributed by atoms with van der Waals surface area (Å²) in [5, 5.41) is 11.0. The first-order chi connectivity index (χ1) is 11.7. The summed E-state index contributed by atoms with van der Waals surface area (Å²) in [7, 11) is 0. The topological polar surface area (TPSA) is 72.7 Å². The van der Waals surface area contributed by atoms with E-state index in [9.17, 15) is 4.79 Å². The number of thioether (sulfide) groups is 1. The molecule has 24 heavy (non-hydrogen) atoms. The highest BCUT2D eigenvalue weighted by molar-refractivity contribution is 8.00. The molecule has 0 saturated heterocycles. The summed E-state index contributed by atoms with van der Waals surface area (Å²) in [6.07, 6.45) is 2.00. The monoisotopic (exact) mass is 355 g/mol. The Morgan fingerprint density at radius 1 is 1.25 bits per heavy atom. The van der Waals surface area contributed by atoms with E-state index in [1.807, 2.05) is 48.7 Å². The number of para-hydroxylation sites is 1. The zero-order valence-corrected chi connectivity index (χ0v) is 14.4. The van der Waals surface area contributed by atoms with E-state index in [1.54, 1.807) is 27.8 Å². The predicted molar refractivity (Wildman–Crippen MR) is 97.6 cm³/mol. The first-order valence-corrected chi connectivity index (χ1v) is 9.30. The van der Waals surface area contributed by atoms with Crippen LogP contribution in [-0.2, 0) is 11.3 Å². The van der Waals surface area contributed by atoms with Crippen LogP contribution in [0, 0.1) is 0 Å². The van der Waals surface area contributed by atoms with Crippen molar-refractivity contribution in [2.45, 2.75) is 10.9 Å². The highest BCUT2D eigenvalue weighted by atomic mass is 32.2. The summed E-state index contributed by atoms with van der Waals surface area (Å²) in [5.41, 5.74) is 3.33. The highest BCUT2D eigenvalue weighted by Crippen LogP contribution is 2.29. The van der Waals surface area contributed by atoms with Crippen molar-refractivity contribution in [3.63, 3.8) is 0 Å². The smallest absolute Gasteiger partial charge is 0.246 e. The van der Waals surface area contributed by atoms with Gasteiger partial charge >= 0.3 is 0 Å². The van der Waals surface area contributed by atoms with Crippen molar-refractivity contribution in [2.75, 3.05) is 11.6 Å². The predicted octanol–water partition coefficient (Wildman–Crippen LogP) is 3.40. The standard InChI is InChI=1S/C16H13N5OS2/c1-23-16-18-12-7-6-10(8-14(12)24-16)17-15(22)9-21-13-5-3-2-4-11(13)19-20-21/h2-8H,9H2,1H3,(H,17,22). The number of thiazole rings is 1. The molecule has 0 unspecified atom stereocenters. The molecule has 2 aromatic heterocycles. The number of benzene rings is 2. The van der Waals surface area contributed by atoms with Gasteiger partial charge in [-0.3, -0.25) is 4.79 Å². The van der Waals surface area contributed by atoms with Gasteiger partial charge in [0.2, 0.25) is 5.91 Å². The molecule has 0 bridgehead atoms. The zero-order chi connectivity index (χ0) is 16.5. The summed E-state index contributed by atoms with van der Waals surface area (Å²) in [6.45, 7) is 0.122. The van der Waals surface area contributed by atoms with Gasteiger partial charge in [-0.25, -0.2) is 9.67 Å². The third kappa shape index (κ3) is 2.85. The molecule has 1 amide bonds. The molecule has 4 aromatic rings. The van der Waals surface area contributed by atoms with Crippen molar-refractivity contribution in [3.8, 4) is 0 Å². The minimum absolute atomic E-state index is 0.122. The van der Waals surface area contributed by atoms with Crippen LogP contribution in [-0.4, -0.2) is 32.1 Å². The summed E-state index contributed by atoms with van der Waals surface area (Å²) in [5.74, 6) is -0.139. The van der Waals surface area contributed by atoms with Crippen LogP contribution in [0.3, 0.4) is 0 Å². The van der Waals surface area contributed by atoms with E-state index in [4.69, 9.17) is 0 Å². The number of amides is 1. The van der Waals surface area contributed by atoms with Crippen LogP contribution >= 0.6 is 23.1 Å². The first kappa shape index (κ1) is 15.1. The van der Waals surface area contributed by atoms with Gasteiger partial charge in [0, 0.05) is 5.69 Å². The van der Waals surface area contributed by atoms with E-state index in [0.29, 0.717) is 0 Å². The summed E-state index contributed by atoms with van der Waals surface area (Å²) < 4.78 is 3.67. The van der Waals surface area contributed by atoms with Crippen LogP contribution in [0.2, 0.25) is 0 Å². The van der Waals surface area contributed by atoms with Gasteiger partial charge in [-0.15, -0.1) is 16.4 Å². The maximum absolute atomic E-state index is 12.3. The fraction of sp³-hybridized carbons (Fsp3) is 0.125. The van der Waals surface area contributed by atoms with Crippen molar-refractivity contribution >= 4 is 55.9 Å². The number of carbonyl (C=O) groups excluding carboxylic acids is 1. The third-order valence-corrected chi connectivity index (χ3v) is 5.54. The number of anilines is 1. The summed E-state index contributed by atoms with van der Waals surface area (Å²) >= 11 is 3.24. The number of hydrogen-bond donors (Lipinski definition) is 1. The molecule has 1 N–H and O–H groups in total. The number of rotatable bonds is 4. The third-order valence-electron chi connectivity index (χ3n) is 3.54. The normalized spacial score (nSPS) is 11.2. The lowest BCUT2D eigenvalue weighted by molar-refractivity contribution is -0.116. The van der Waals surface area contributed by atoms with E-state index in [1.165, 1.54) is 0 Å². The molecular formula is C16H13N5OS2. The van der Waals surface area contributed by atoms with E-state index < -0.39 is 0 Å². The van der Waals surface area contributed by atoms with Gasteiger partial charge in [-0.05, 0) is 36.6 Å². The molecule has 0 aliphatic carbocycles. The van der Waals surface area contributed by atoms with Gasteiger partial charge in [0.1, 0.15) is 12.1 Å². The average Bonchev–Trinajstić information content (AvgIpc) is 3.18. The Kier molecular flexibility index (Phi) is 3.91. The van der Waals surface area contributed by atoms with Gasteiger partial charge in [-0.1, -0.05) is 29.1 Å². The largest absolute Gasteiger partial charge is 0.324 e. The Labute approximate surface area is 145 Å². The summed E-state index contributed by atoms with van der Waals surface area (Å²) in [4.78, 5) is 16.8. The molecule has 0 spiro atoms. The Morgan fingerprint density at radius 2 is 2.12 bits per heavy atom. The lowest BCUT2D eigenvalue weighted by Crippen LogP contribution is -2.19. The number of aromatic nitrogens is 4. The van der Waals surface area contributed by atoms with Crippen molar-refractivity contribution < 1.29 is 4.79 Å². The SMILES string of the molecule is CSc1nc2ccc(NC(=O)Cn3nnc4ccccc43)cc2s1. The van der Waals surface area contributed by atoms with E-state index in [0.717, 1.165) is 31.3 Å². The van der Waals surface area contributed by atoms with Crippen LogP contribution in [0.15, 0.2) is 46.8 Å². The number of hydrogen-bond acceptors (Lipinski definition) is 6. The molecular weight excluding hydrogens is 342 g/mol. The Bertz CT molecular complexity index is 1040. The molecule has 0 radical (unpaired) electrons. The van der Waals surface area contributed by atoms with E-state index in [-0.39, 0.29) is 12.5 Å². The molecule has 2 aromatic carbocycles. The zero-order valence-electron chi connectivity index (χ0n) is 12.8. The second kappa shape index (κ2) is 6.21. The molecule has 6 nitrogen and oxygen atoms in total. The molecule has 0 aliphatic rings. The van der Waals surface area contributed by atoms with Crippen LogP contribution in [0.1, 0.15) is 0 Å². The fourth-order valence-corrected chi connectivity index (χ4v) is 3.97. The summed E-state index contributed by atoms with van der Waals surface area (Å²) in [6, 6.07) is 13.3. The van der Waals surface area contributed by atoms with Crippen molar-refractivity contribution in [1.29, 1.82) is 0 Å².